The van der Waals surface area contributed by atoms with Gasteiger partial charge in [-0.1, -0.05) is 0 Å². The van der Waals surface area contributed by atoms with Crippen molar-refractivity contribution in [1.82, 2.24) is 0 Å². The molecular weight excluding hydrogens is 436 g/mol. The third kappa shape index (κ3) is 5.42. The predicted octanol–water partition coefficient (Wildman–Crippen LogP) is 3.16. The maximum Gasteiger partial charge on any atom is 0.308 e. The van der Waals surface area contributed by atoms with Crippen LogP contribution in [-0.4, -0.2) is 23.9 Å². The molecule has 3 rings (SSSR count). The lowest BCUT2D eigenvalue weighted by Crippen LogP contribution is -2.15. The first kappa shape index (κ1) is 23.2. The summed E-state index contributed by atoms with van der Waals surface area (Å²) in [7, 11) is 0. The molecule has 170 valence electrons. The van der Waals surface area contributed by atoms with E-state index in [1.807, 2.05) is 0 Å². The van der Waals surface area contributed by atoms with Crippen molar-refractivity contribution in [1.29, 1.82) is 0 Å². The van der Waals surface area contributed by atoms with Crippen LogP contribution in [0.25, 0.3) is 22.3 Å². The number of benzene rings is 2. The molecule has 2 aromatic carbocycles. The van der Waals surface area contributed by atoms with E-state index in [1.165, 1.54) is 50.2 Å². The molecule has 33 heavy (non-hydrogen) atoms. The van der Waals surface area contributed by atoms with Gasteiger partial charge in [-0.25, -0.2) is 0 Å². The van der Waals surface area contributed by atoms with Crippen molar-refractivity contribution in [3.05, 3.63) is 46.6 Å². The lowest BCUT2D eigenvalue weighted by molar-refractivity contribution is -0.133. The van der Waals surface area contributed by atoms with Crippen molar-refractivity contribution in [2.45, 2.75) is 27.7 Å². The number of fused-ring (bicyclic) bond motifs is 1. The normalized spacial score (nSPS) is 10.4. The standard InChI is InChI=1S/C23H18O10/c1-11(24)29-16-7-5-15(6-8-16)22-23(32-14(4)27)21(28)20-18(31-13(3)26)9-17(30-12(2)25)10-19(20)33-22/h5-10H,1-4H3. The van der Waals surface area contributed by atoms with Crippen LogP contribution in [0.1, 0.15) is 27.7 Å². The zero-order valence-electron chi connectivity index (χ0n) is 18.0. The molecule has 0 aliphatic rings. The Kier molecular flexibility index (Phi) is 6.57. The van der Waals surface area contributed by atoms with Crippen molar-refractivity contribution in [3.8, 4) is 34.3 Å². The molecule has 0 spiro atoms. The second-order valence-electron chi connectivity index (χ2n) is 6.78. The van der Waals surface area contributed by atoms with Crippen molar-refractivity contribution >= 4 is 34.8 Å². The van der Waals surface area contributed by atoms with Crippen molar-refractivity contribution in [2.75, 3.05) is 0 Å². The van der Waals surface area contributed by atoms with E-state index in [0.717, 1.165) is 13.8 Å². The lowest BCUT2D eigenvalue weighted by atomic mass is 10.1. The Hall–Kier alpha value is -4.47. The number of hydrogen-bond donors (Lipinski definition) is 0. The average Bonchev–Trinajstić information content (AvgIpc) is 2.68. The molecule has 0 saturated carbocycles. The molecule has 1 heterocycles. The summed E-state index contributed by atoms with van der Waals surface area (Å²) in [5, 5.41) is -0.197. The van der Waals surface area contributed by atoms with E-state index in [-0.39, 0.29) is 34.0 Å². The van der Waals surface area contributed by atoms with Crippen LogP contribution in [0.4, 0.5) is 0 Å². The molecule has 10 nitrogen and oxygen atoms in total. The Bertz CT molecular complexity index is 1330. The van der Waals surface area contributed by atoms with Crippen LogP contribution in [0, 0.1) is 0 Å². The van der Waals surface area contributed by atoms with Crippen molar-refractivity contribution in [2.24, 2.45) is 0 Å². The predicted molar refractivity (Wildman–Crippen MR) is 113 cm³/mol. The first-order valence-electron chi connectivity index (χ1n) is 9.54. The summed E-state index contributed by atoms with van der Waals surface area (Å²) in [6, 6.07) is 8.32. The fourth-order valence-corrected chi connectivity index (χ4v) is 2.97. The molecule has 10 heteroatoms. The van der Waals surface area contributed by atoms with Crippen LogP contribution in [0.15, 0.2) is 45.6 Å². The SMILES string of the molecule is CC(=O)Oc1ccc(-c2oc3cc(OC(C)=O)cc(OC(C)=O)c3c(=O)c2OC(C)=O)cc1. The number of hydrogen-bond acceptors (Lipinski definition) is 10. The van der Waals surface area contributed by atoms with Crippen molar-refractivity contribution in [3.63, 3.8) is 0 Å². The fourth-order valence-electron chi connectivity index (χ4n) is 2.97. The van der Waals surface area contributed by atoms with E-state index in [4.69, 9.17) is 23.4 Å². The lowest BCUT2D eigenvalue weighted by Gasteiger charge is -2.13. The largest absolute Gasteiger partial charge is 0.452 e. The summed E-state index contributed by atoms with van der Waals surface area (Å²) in [5.74, 6) is -3.28. The Morgan fingerprint density at radius 1 is 0.697 bits per heavy atom. The number of esters is 4. The molecule has 3 aromatic rings. The molecule has 0 N–H and O–H groups in total. The quantitative estimate of drug-likeness (QED) is 0.418. The average molecular weight is 454 g/mol. The first-order valence-corrected chi connectivity index (χ1v) is 9.54. The zero-order chi connectivity index (χ0) is 24.3. The molecule has 0 radical (unpaired) electrons. The second-order valence-corrected chi connectivity index (χ2v) is 6.78. The van der Waals surface area contributed by atoms with Crippen molar-refractivity contribution < 1.29 is 42.5 Å². The van der Waals surface area contributed by atoms with Crippen LogP contribution in [0.3, 0.4) is 0 Å². The molecule has 0 bridgehead atoms. The van der Waals surface area contributed by atoms with E-state index in [9.17, 15) is 24.0 Å². The van der Waals surface area contributed by atoms with Gasteiger partial charge in [0.15, 0.2) is 5.76 Å². The minimum atomic E-state index is -0.795. The maximum absolute atomic E-state index is 13.3. The van der Waals surface area contributed by atoms with Gasteiger partial charge < -0.3 is 23.4 Å². The van der Waals surface area contributed by atoms with E-state index >= 15 is 0 Å². The summed E-state index contributed by atoms with van der Waals surface area (Å²) in [6.07, 6.45) is 0. The maximum atomic E-state index is 13.3. The van der Waals surface area contributed by atoms with Gasteiger partial charge in [-0.3, -0.25) is 24.0 Å². The smallest absolute Gasteiger partial charge is 0.308 e. The van der Waals surface area contributed by atoms with Crippen LogP contribution < -0.4 is 24.4 Å². The van der Waals surface area contributed by atoms with Gasteiger partial charge in [0, 0.05) is 45.4 Å². The van der Waals surface area contributed by atoms with Gasteiger partial charge in [0.2, 0.25) is 11.2 Å². The van der Waals surface area contributed by atoms with Gasteiger partial charge in [-0.2, -0.15) is 0 Å². The number of carbonyl (C=O) groups is 4. The van der Waals surface area contributed by atoms with Crippen LogP contribution in [-0.2, 0) is 19.2 Å². The Morgan fingerprint density at radius 3 is 1.79 bits per heavy atom. The van der Waals surface area contributed by atoms with E-state index in [2.05, 4.69) is 0 Å². The molecular formula is C23H18O10. The molecule has 0 amide bonds. The summed E-state index contributed by atoms with van der Waals surface area (Å²) >= 11 is 0. The third-order valence-electron chi connectivity index (χ3n) is 4.03. The van der Waals surface area contributed by atoms with Crippen LogP contribution >= 0.6 is 0 Å². The Labute approximate surface area is 186 Å². The van der Waals surface area contributed by atoms with Gasteiger partial charge in [-0.05, 0) is 24.3 Å². The van der Waals surface area contributed by atoms with Gasteiger partial charge in [0.05, 0.1) is 0 Å². The highest BCUT2D eigenvalue weighted by atomic mass is 16.6. The van der Waals surface area contributed by atoms with Crippen LogP contribution in [0.2, 0.25) is 0 Å². The minimum Gasteiger partial charge on any atom is -0.452 e. The topological polar surface area (TPSA) is 135 Å². The highest BCUT2D eigenvalue weighted by molar-refractivity contribution is 5.91. The highest BCUT2D eigenvalue weighted by Gasteiger charge is 2.24. The number of ether oxygens (including phenoxy) is 4. The summed E-state index contributed by atoms with van der Waals surface area (Å²) in [6.45, 7) is 4.65. The number of carbonyl (C=O) groups excluding carboxylic acids is 4. The monoisotopic (exact) mass is 454 g/mol. The summed E-state index contributed by atoms with van der Waals surface area (Å²) in [5.41, 5.74) is -0.575. The Morgan fingerprint density at radius 2 is 1.24 bits per heavy atom. The minimum absolute atomic E-state index is 0.0363. The summed E-state index contributed by atoms with van der Waals surface area (Å²) in [4.78, 5) is 59.1. The second kappa shape index (κ2) is 9.35. The fraction of sp³-hybridized carbons (Fsp3) is 0.174. The van der Waals surface area contributed by atoms with Gasteiger partial charge in [-0.15, -0.1) is 0 Å². The first-order chi connectivity index (χ1) is 15.5. The molecule has 0 fully saturated rings. The van der Waals surface area contributed by atoms with E-state index in [0.29, 0.717) is 5.56 Å². The van der Waals surface area contributed by atoms with Crippen LogP contribution in [0.5, 0.6) is 23.0 Å². The van der Waals surface area contributed by atoms with Gasteiger partial charge >= 0.3 is 23.9 Å². The third-order valence-corrected chi connectivity index (χ3v) is 4.03. The molecule has 0 atom stereocenters. The molecule has 0 unspecified atom stereocenters. The van der Waals surface area contributed by atoms with Gasteiger partial charge in [0.25, 0.3) is 0 Å². The highest BCUT2D eigenvalue weighted by Crippen LogP contribution is 2.37. The van der Waals surface area contributed by atoms with E-state index in [1.54, 1.807) is 0 Å². The molecule has 0 saturated heterocycles. The number of rotatable bonds is 5. The zero-order valence-corrected chi connectivity index (χ0v) is 18.0. The van der Waals surface area contributed by atoms with E-state index < -0.39 is 35.1 Å². The summed E-state index contributed by atoms with van der Waals surface area (Å²) < 4.78 is 26.1. The van der Waals surface area contributed by atoms with Gasteiger partial charge in [0.1, 0.15) is 28.2 Å². The molecule has 1 aromatic heterocycles. The Balaban J connectivity index is 2.30. The molecule has 0 aliphatic carbocycles. The molecule has 0 aliphatic heterocycles.